The minimum Gasteiger partial charge on any atom is -0.452 e. The Kier molecular flexibility index (Phi) is 4.60. The fraction of sp³-hybridized carbons (Fsp3) is 0.214. The lowest BCUT2D eigenvalue weighted by Gasteiger charge is -2.16. The number of aliphatic hydroxyl groups excluding tert-OH is 1. The van der Waals surface area contributed by atoms with Gasteiger partial charge in [0.1, 0.15) is 0 Å². The van der Waals surface area contributed by atoms with Crippen LogP contribution in [0.5, 0.6) is 0 Å². The Balaban J connectivity index is 2.00. The molecule has 19 heavy (non-hydrogen) atoms. The van der Waals surface area contributed by atoms with Crippen molar-refractivity contribution in [2.75, 3.05) is 6.61 Å². The van der Waals surface area contributed by atoms with Crippen molar-refractivity contribution in [3.05, 3.63) is 59.0 Å². The summed E-state index contributed by atoms with van der Waals surface area (Å²) in [7, 11) is 0. The molecule has 2 N–H and O–H groups in total. The molecule has 2 rings (SSSR count). The molecule has 0 saturated carbocycles. The topological polar surface area (TPSA) is 62.5 Å². The molecule has 0 radical (unpaired) electrons. The van der Waals surface area contributed by atoms with Crippen molar-refractivity contribution in [2.24, 2.45) is 0 Å². The summed E-state index contributed by atoms with van der Waals surface area (Å²) in [5.41, 5.74) is 1.31. The van der Waals surface area contributed by atoms with Crippen molar-refractivity contribution in [2.45, 2.75) is 12.5 Å². The van der Waals surface area contributed by atoms with E-state index in [1.165, 1.54) is 12.3 Å². The SMILES string of the molecule is O=C(N[C@H](CO)Cc1ccccc1)c1ccoc1Cl. The van der Waals surface area contributed by atoms with Gasteiger partial charge in [-0.1, -0.05) is 30.3 Å². The van der Waals surface area contributed by atoms with Gasteiger partial charge in [-0.05, 0) is 29.7 Å². The molecule has 100 valence electrons. The Hall–Kier alpha value is -1.78. The predicted octanol–water partition coefficient (Wildman–Crippen LogP) is 2.27. The highest BCUT2D eigenvalue weighted by Gasteiger charge is 2.17. The molecule has 0 unspecified atom stereocenters. The van der Waals surface area contributed by atoms with Crippen LogP contribution in [0, 0.1) is 0 Å². The number of carbonyl (C=O) groups excluding carboxylic acids is 1. The Labute approximate surface area is 116 Å². The molecule has 0 aliphatic heterocycles. The maximum Gasteiger partial charge on any atom is 0.256 e. The monoisotopic (exact) mass is 279 g/mol. The average Bonchev–Trinajstić information content (AvgIpc) is 2.85. The molecule has 0 fully saturated rings. The number of amides is 1. The van der Waals surface area contributed by atoms with Crippen LogP contribution in [0.3, 0.4) is 0 Å². The molecule has 0 saturated heterocycles. The molecule has 1 amide bonds. The summed E-state index contributed by atoms with van der Waals surface area (Å²) >= 11 is 5.73. The van der Waals surface area contributed by atoms with Crippen LogP contribution >= 0.6 is 11.6 Å². The summed E-state index contributed by atoms with van der Waals surface area (Å²) in [6.07, 6.45) is 1.90. The molecule has 5 heteroatoms. The van der Waals surface area contributed by atoms with Crippen LogP contribution in [0.25, 0.3) is 0 Å². The molecular formula is C14H14ClNO3. The maximum absolute atomic E-state index is 11.9. The number of benzene rings is 1. The summed E-state index contributed by atoms with van der Waals surface area (Å²) in [4.78, 5) is 11.9. The number of rotatable bonds is 5. The van der Waals surface area contributed by atoms with Gasteiger partial charge in [-0.25, -0.2) is 0 Å². The van der Waals surface area contributed by atoms with Crippen molar-refractivity contribution in [1.29, 1.82) is 0 Å². The minimum absolute atomic E-state index is 0.0499. The third kappa shape index (κ3) is 3.59. The van der Waals surface area contributed by atoms with Gasteiger partial charge in [0.25, 0.3) is 5.91 Å². The lowest BCUT2D eigenvalue weighted by Crippen LogP contribution is -2.39. The first-order chi connectivity index (χ1) is 9.20. The number of carbonyl (C=O) groups is 1. The van der Waals surface area contributed by atoms with Crippen LogP contribution < -0.4 is 5.32 Å². The highest BCUT2D eigenvalue weighted by Crippen LogP contribution is 2.16. The van der Waals surface area contributed by atoms with Gasteiger partial charge in [0.05, 0.1) is 24.5 Å². The second kappa shape index (κ2) is 6.41. The van der Waals surface area contributed by atoms with E-state index in [0.717, 1.165) is 5.56 Å². The molecule has 0 spiro atoms. The van der Waals surface area contributed by atoms with Crippen LogP contribution in [-0.2, 0) is 6.42 Å². The van der Waals surface area contributed by atoms with E-state index in [2.05, 4.69) is 5.32 Å². The molecule has 0 bridgehead atoms. The van der Waals surface area contributed by atoms with E-state index in [0.29, 0.717) is 6.42 Å². The van der Waals surface area contributed by atoms with E-state index in [4.69, 9.17) is 16.0 Å². The van der Waals surface area contributed by atoms with E-state index in [1.807, 2.05) is 30.3 Å². The Morgan fingerprint density at radius 2 is 2.05 bits per heavy atom. The number of aliphatic hydroxyl groups is 1. The standard InChI is InChI=1S/C14H14ClNO3/c15-13-12(6-7-19-13)14(18)16-11(9-17)8-10-4-2-1-3-5-10/h1-7,11,17H,8-9H2,(H,16,18)/t11-/m0/s1. The highest BCUT2D eigenvalue weighted by molar-refractivity contribution is 6.32. The molecule has 1 aromatic heterocycles. The molecule has 4 nitrogen and oxygen atoms in total. The third-order valence-corrected chi connectivity index (χ3v) is 3.04. The van der Waals surface area contributed by atoms with Crippen LogP contribution in [0.1, 0.15) is 15.9 Å². The zero-order valence-electron chi connectivity index (χ0n) is 10.2. The van der Waals surface area contributed by atoms with Crippen LogP contribution in [0.15, 0.2) is 47.1 Å². The van der Waals surface area contributed by atoms with Crippen molar-refractivity contribution in [3.8, 4) is 0 Å². The molecule has 1 atom stereocenters. The average molecular weight is 280 g/mol. The summed E-state index contributed by atoms with van der Waals surface area (Å²) in [6.45, 7) is -0.143. The quantitative estimate of drug-likeness (QED) is 0.882. The molecule has 0 aliphatic carbocycles. The molecular weight excluding hydrogens is 266 g/mol. The molecule has 2 aromatic rings. The van der Waals surface area contributed by atoms with Gasteiger partial charge in [0.2, 0.25) is 5.22 Å². The zero-order chi connectivity index (χ0) is 13.7. The minimum atomic E-state index is -0.360. The van der Waals surface area contributed by atoms with E-state index in [1.54, 1.807) is 0 Å². The Morgan fingerprint density at radius 3 is 2.63 bits per heavy atom. The van der Waals surface area contributed by atoms with Crippen LogP contribution in [0.4, 0.5) is 0 Å². The summed E-state index contributed by atoms with van der Waals surface area (Å²) in [5, 5.41) is 12.1. The van der Waals surface area contributed by atoms with Crippen molar-refractivity contribution in [3.63, 3.8) is 0 Å². The maximum atomic E-state index is 11.9. The lowest BCUT2D eigenvalue weighted by atomic mass is 10.1. The second-order valence-corrected chi connectivity index (χ2v) is 4.49. The number of halogens is 1. The normalized spacial score (nSPS) is 12.1. The van der Waals surface area contributed by atoms with Crippen molar-refractivity contribution < 1.29 is 14.3 Å². The summed E-state index contributed by atoms with van der Waals surface area (Å²) in [5.74, 6) is -0.353. The largest absolute Gasteiger partial charge is 0.452 e. The third-order valence-electron chi connectivity index (χ3n) is 2.74. The van der Waals surface area contributed by atoms with Gasteiger partial charge in [0.15, 0.2) is 0 Å². The van der Waals surface area contributed by atoms with Crippen molar-refractivity contribution >= 4 is 17.5 Å². The summed E-state index contributed by atoms with van der Waals surface area (Å²) < 4.78 is 4.86. The van der Waals surface area contributed by atoms with Crippen LogP contribution in [0.2, 0.25) is 5.22 Å². The van der Waals surface area contributed by atoms with Crippen LogP contribution in [-0.4, -0.2) is 23.7 Å². The first-order valence-corrected chi connectivity index (χ1v) is 6.27. The first-order valence-electron chi connectivity index (χ1n) is 5.89. The van der Waals surface area contributed by atoms with E-state index in [-0.39, 0.29) is 29.3 Å². The van der Waals surface area contributed by atoms with Gasteiger partial charge in [0, 0.05) is 0 Å². The van der Waals surface area contributed by atoms with E-state index < -0.39 is 0 Å². The smallest absolute Gasteiger partial charge is 0.256 e. The number of hydrogen-bond acceptors (Lipinski definition) is 3. The number of nitrogens with one attached hydrogen (secondary N) is 1. The van der Waals surface area contributed by atoms with Gasteiger partial charge in [-0.2, -0.15) is 0 Å². The lowest BCUT2D eigenvalue weighted by molar-refractivity contribution is 0.0916. The van der Waals surface area contributed by atoms with E-state index in [9.17, 15) is 9.90 Å². The predicted molar refractivity (Wildman–Crippen MR) is 72.2 cm³/mol. The molecule has 0 aliphatic rings. The summed E-state index contributed by atoms with van der Waals surface area (Å²) in [6, 6.07) is 10.8. The van der Waals surface area contributed by atoms with Gasteiger partial charge in [-0.15, -0.1) is 0 Å². The van der Waals surface area contributed by atoms with Gasteiger partial charge < -0.3 is 14.8 Å². The Bertz CT molecular complexity index is 539. The number of furan rings is 1. The molecule has 1 aromatic carbocycles. The zero-order valence-corrected chi connectivity index (χ0v) is 10.9. The first kappa shape index (κ1) is 13.6. The van der Waals surface area contributed by atoms with Gasteiger partial charge in [-0.3, -0.25) is 4.79 Å². The van der Waals surface area contributed by atoms with Crippen molar-refractivity contribution in [1.82, 2.24) is 5.32 Å². The van der Waals surface area contributed by atoms with E-state index >= 15 is 0 Å². The fourth-order valence-electron chi connectivity index (χ4n) is 1.78. The van der Waals surface area contributed by atoms with Gasteiger partial charge >= 0.3 is 0 Å². The fourth-order valence-corrected chi connectivity index (χ4v) is 1.98. The highest BCUT2D eigenvalue weighted by atomic mass is 35.5. The Morgan fingerprint density at radius 1 is 1.32 bits per heavy atom. The molecule has 1 heterocycles. The number of hydrogen-bond donors (Lipinski definition) is 2. The second-order valence-electron chi connectivity index (χ2n) is 4.15.